The van der Waals surface area contributed by atoms with Gasteiger partial charge >= 0.3 is 5.97 Å². The van der Waals surface area contributed by atoms with Crippen molar-refractivity contribution in [2.75, 3.05) is 12.4 Å². The predicted molar refractivity (Wildman–Crippen MR) is 106 cm³/mol. The second-order valence-electron chi connectivity index (χ2n) is 5.85. The molecule has 1 aliphatic rings. The zero-order valence-corrected chi connectivity index (χ0v) is 15.7. The molecule has 0 saturated carbocycles. The number of amidine groups is 1. The number of methoxy groups -OCH3 is 1. The monoisotopic (exact) mass is 399 g/mol. The molecule has 1 atom stereocenters. The second kappa shape index (κ2) is 8.57. The first kappa shape index (κ1) is 19.4. The molecular formula is C19H17N3O5S. The zero-order valence-electron chi connectivity index (χ0n) is 14.8. The van der Waals surface area contributed by atoms with Crippen LogP contribution in [0.15, 0.2) is 53.5 Å². The van der Waals surface area contributed by atoms with E-state index in [1.54, 1.807) is 43.5 Å². The Morgan fingerprint density at radius 1 is 1.18 bits per heavy atom. The Hall–Kier alpha value is -3.33. The summed E-state index contributed by atoms with van der Waals surface area (Å²) in [6, 6.07) is 12.9. The van der Waals surface area contributed by atoms with Gasteiger partial charge in [0.2, 0.25) is 11.8 Å². The third kappa shape index (κ3) is 4.89. The van der Waals surface area contributed by atoms with E-state index < -0.39 is 11.2 Å². The lowest BCUT2D eigenvalue weighted by atomic mass is 10.2. The third-order valence-electron chi connectivity index (χ3n) is 3.87. The van der Waals surface area contributed by atoms with Gasteiger partial charge < -0.3 is 20.5 Å². The van der Waals surface area contributed by atoms with Crippen LogP contribution in [0.1, 0.15) is 16.8 Å². The van der Waals surface area contributed by atoms with Crippen LogP contribution in [-0.4, -0.2) is 40.4 Å². The molecule has 8 nitrogen and oxygen atoms in total. The average Bonchev–Trinajstić information content (AvgIpc) is 3.01. The lowest BCUT2D eigenvalue weighted by molar-refractivity contribution is -0.122. The van der Waals surface area contributed by atoms with Crippen molar-refractivity contribution in [1.82, 2.24) is 5.32 Å². The molecule has 9 heteroatoms. The molecule has 3 rings (SSSR count). The number of anilines is 1. The number of ether oxygens (including phenoxy) is 1. The number of nitrogens with zero attached hydrogens (tertiary/aromatic N) is 1. The fourth-order valence-electron chi connectivity index (χ4n) is 2.44. The molecule has 1 aliphatic heterocycles. The Morgan fingerprint density at radius 3 is 2.46 bits per heavy atom. The predicted octanol–water partition coefficient (Wildman–Crippen LogP) is 2.64. The maximum atomic E-state index is 12.2. The molecule has 0 unspecified atom stereocenters. The summed E-state index contributed by atoms with van der Waals surface area (Å²) in [4.78, 5) is 39.5. The largest absolute Gasteiger partial charge is 0.497 e. The first-order valence-corrected chi connectivity index (χ1v) is 9.16. The summed E-state index contributed by atoms with van der Waals surface area (Å²) in [6.07, 6.45) is -0.000495. The van der Waals surface area contributed by atoms with Gasteiger partial charge in [-0.3, -0.25) is 9.59 Å². The molecule has 0 bridgehead atoms. The number of carboxylic acids is 1. The van der Waals surface area contributed by atoms with E-state index in [4.69, 9.17) is 9.84 Å². The van der Waals surface area contributed by atoms with Crippen molar-refractivity contribution in [1.29, 1.82) is 0 Å². The molecule has 144 valence electrons. The van der Waals surface area contributed by atoms with Gasteiger partial charge in [-0.2, -0.15) is 0 Å². The summed E-state index contributed by atoms with van der Waals surface area (Å²) in [7, 11) is 1.56. The van der Waals surface area contributed by atoms with Crippen molar-refractivity contribution in [2.45, 2.75) is 11.7 Å². The third-order valence-corrected chi connectivity index (χ3v) is 4.95. The fraction of sp³-hybridized carbons (Fsp3) is 0.158. The van der Waals surface area contributed by atoms with Crippen LogP contribution in [0.4, 0.5) is 11.4 Å². The Kier molecular flexibility index (Phi) is 5.95. The number of benzene rings is 2. The lowest BCUT2D eigenvalue weighted by Crippen LogP contribution is -2.28. The summed E-state index contributed by atoms with van der Waals surface area (Å²) < 4.78 is 5.06. The molecule has 0 aromatic heterocycles. The number of carbonyl (C=O) groups excluding carboxylic acids is 2. The highest BCUT2D eigenvalue weighted by molar-refractivity contribution is 8.15. The van der Waals surface area contributed by atoms with Crippen LogP contribution < -0.4 is 15.4 Å². The number of hydrogen-bond donors (Lipinski definition) is 3. The Bertz CT molecular complexity index is 926. The average molecular weight is 399 g/mol. The molecule has 2 aromatic rings. The minimum Gasteiger partial charge on any atom is -0.497 e. The number of aliphatic imine (C=N–C) groups is 1. The first-order valence-electron chi connectivity index (χ1n) is 8.28. The van der Waals surface area contributed by atoms with Gasteiger partial charge in [0.25, 0.3) is 0 Å². The summed E-state index contributed by atoms with van der Waals surface area (Å²) in [5.74, 6) is -0.924. The van der Waals surface area contributed by atoms with E-state index in [1.165, 1.54) is 12.1 Å². The summed E-state index contributed by atoms with van der Waals surface area (Å²) in [6.45, 7) is 0. The second-order valence-corrected chi connectivity index (χ2v) is 7.04. The van der Waals surface area contributed by atoms with E-state index in [1.807, 2.05) is 0 Å². The minimum atomic E-state index is -1.02. The van der Waals surface area contributed by atoms with Gasteiger partial charge in [-0.1, -0.05) is 11.8 Å². The standard InChI is InChI=1S/C19H17N3O5S/c1-27-14-8-6-12(7-9-14)20-16(23)10-15-17(24)22-19(28-15)21-13-4-2-11(3-5-13)18(25)26/h2-9,15H,10H2,1H3,(H,20,23)(H,25,26)(H,21,22,24)/t15-/m0/s1. The molecular weight excluding hydrogens is 382 g/mol. The van der Waals surface area contributed by atoms with Gasteiger partial charge in [0.1, 0.15) is 11.0 Å². The maximum Gasteiger partial charge on any atom is 0.335 e. The van der Waals surface area contributed by atoms with Crippen molar-refractivity contribution in [3.63, 3.8) is 0 Å². The highest BCUT2D eigenvalue weighted by Crippen LogP contribution is 2.26. The molecule has 1 saturated heterocycles. The van der Waals surface area contributed by atoms with Gasteiger partial charge in [-0.25, -0.2) is 9.79 Å². The fourth-order valence-corrected chi connectivity index (χ4v) is 3.43. The van der Waals surface area contributed by atoms with Crippen molar-refractivity contribution >= 4 is 46.1 Å². The molecule has 28 heavy (non-hydrogen) atoms. The summed E-state index contributed by atoms with van der Waals surface area (Å²) >= 11 is 1.16. The van der Waals surface area contributed by atoms with Crippen LogP contribution in [0.5, 0.6) is 5.75 Å². The smallest absolute Gasteiger partial charge is 0.335 e. The minimum absolute atomic E-state index is 0.000495. The normalized spacial score (nSPS) is 17.2. The lowest BCUT2D eigenvalue weighted by Gasteiger charge is -2.08. The van der Waals surface area contributed by atoms with Crippen molar-refractivity contribution < 1.29 is 24.2 Å². The van der Waals surface area contributed by atoms with E-state index in [0.717, 1.165) is 11.8 Å². The molecule has 1 heterocycles. The molecule has 1 fully saturated rings. The van der Waals surface area contributed by atoms with Gasteiger partial charge in [-0.05, 0) is 48.5 Å². The number of amides is 2. The number of carbonyl (C=O) groups is 3. The van der Waals surface area contributed by atoms with Gasteiger partial charge in [0.15, 0.2) is 5.17 Å². The molecule has 0 spiro atoms. The van der Waals surface area contributed by atoms with E-state index in [0.29, 0.717) is 22.3 Å². The molecule has 3 N–H and O–H groups in total. The Balaban J connectivity index is 1.58. The Morgan fingerprint density at radius 2 is 1.86 bits per heavy atom. The summed E-state index contributed by atoms with van der Waals surface area (Å²) in [5.41, 5.74) is 1.28. The molecule has 0 radical (unpaired) electrons. The number of carboxylic acid groups (broad SMARTS) is 1. The molecule has 2 aromatic carbocycles. The van der Waals surface area contributed by atoms with Gasteiger partial charge in [0.05, 0.1) is 18.4 Å². The number of nitrogens with one attached hydrogen (secondary N) is 2. The van der Waals surface area contributed by atoms with Crippen LogP contribution in [-0.2, 0) is 9.59 Å². The van der Waals surface area contributed by atoms with Crippen LogP contribution in [0, 0.1) is 0 Å². The topological polar surface area (TPSA) is 117 Å². The first-order chi connectivity index (χ1) is 13.4. The van der Waals surface area contributed by atoms with Crippen LogP contribution in [0.2, 0.25) is 0 Å². The highest BCUT2D eigenvalue weighted by atomic mass is 32.2. The van der Waals surface area contributed by atoms with Crippen LogP contribution in [0.25, 0.3) is 0 Å². The number of thioether (sulfide) groups is 1. The van der Waals surface area contributed by atoms with Gasteiger partial charge in [-0.15, -0.1) is 0 Å². The van der Waals surface area contributed by atoms with E-state index in [2.05, 4.69) is 15.6 Å². The van der Waals surface area contributed by atoms with Crippen molar-refractivity contribution in [2.24, 2.45) is 4.99 Å². The SMILES string of the molecule is COc1ccc(NC(=O)C[C@@H]2SC(=Nc3ccc(C(=O)O)cc3)NC2=O)cc1. The van der Waals surface area contributed by atoms with Crippen molar-refractivity contribution in [3.05, 3.63) is 54.1 Å². The zero-order chi connectivity index (χ0) is 20.1. The molecule has 2 amide bonds. The number of aromatic carboxylic acids is 1. The quantitative estimate of drug-likeness (QED) is 0.687. The van der Waals surface area contributed by atoms with Crippen molar-refractivity contribution in [3.8, 4) is 5.75 Å². The number of rotatable bonds is 6. The van der Waals surface area contributed by atoms with E-state index in [9.17, 15) is 14.4 Å². The summed E-state index contributed by atoms with van der Waals surface area (Å²) in [5, 5.41) is 14.1. The van der Waals surface area contributed by atoms with Crippen LogP contribution in [0.3, 0.4) is 0 Å². The number of hydrogen-bond acceptors (Lipinski definition) is 6. The van der Waals surface area contributed by atoms with E-state index in [-0.39, 0.29) is 23.8 Å². The highest BCUT2D eigenvalue weighted by Gasteiger charge is 2.32. The molecule has 0 aliphatic carbocycles. The van der Waals surface area contributed by atoms with Gasteiger partial charge in [0, 0.05) is 12.1 Å². The van der Waals surface area contributed by atoms with E-state index >= 15 is 0 Å². The maximum absolute atomic E-state index is 12.2. The van der Waals surface area contributed by atoms with Crippen LogP contribution >= 0.6 is 11.8 Å². The Labute approximate surface area is 165 Å².